The predicted molar refractivity (Wildman–Crippen MR) is 103 cm³/mol. The van der Waals surface area contributed by atoms with Crippen molar-refractivity contribution in [2.45, 2.75) is 18.7 Å². The first kappa shape index (κ1) is 17.8. The summed E-state index contributed by atoms with van der Waals surface area (Å²) in [6, 6.07) is 10.1. The summed E-state index contributed by atoms with van der Waals surface area (Å²) in [5.74, 6) is 1.29. The molecular weight excluding hydrogens is 334 g/mol. The number of thioether (sulfide) groups is 1. The van der Waals surface area contributed by atoms with E-state index < -0.39 is 0 Å². The second-order valence-corrected chi connectivity index (χ2v) is 7.13. The number of rotatable bonds is 5. The van der Waals surface area contributed by atoms with E-state index in [4.69, 9.17) is 4.74 Å². The Morgan fingerprint density at radius 3 is 2.76 bits per heavy atom. The number of hydrogen-bond acceptors (Lipinski definition) is 5. The summed E-state index contributed by atoms with van der Waals surface area (Å²) in [6.07, 6.45) is 1.71. The first-order chi connectivity index (χ1) is 12.1. The number of ether oxygens (including phenoxy) is 1. The van der Waals surface area contributed by atoms with Crippen molar-refractivity contribution in [3.8, 4) is 0 Å². The molecule has 0 aliphatic carbocycles. The summed E-state index contributed by atoms with van der Waals surface area (Å²) < 4.78 is 5.35. The van der Waals surface area contributed by atoms with Gasteiger partial charge in [0.2, 0.25) is 5.91 Å². The Morgan fingerprint density at radius 2 is 2.04 bits per heavy atom. The summed E-state index contributed by atoms with van der Waals surface area (Å²) in [4.78, 5) is 20.0. The zero-order valence-electron chi connectivity index (χ0n) is 14.6. The van der Waals surface area contributed by atoms with Crippen LogP contribution in [0.5, 0.6) is 0 Å². The van der Waals surface area contributed by atoms with Crippen LogP contribution < -0.4 is 10.2 Å². The molecule has 1 fully saturated rings. The van der Waals surface area contributed by atoms with E-state index in [0.717, 1.165) is 42.7 Å². The number of carbonyl (C=O) groups excluding carboxylic acids is 1. The smallest absolute Gasteiger partial charge is 0.234 e. The van der Waals surface area contributed by atoms with Gasteiger partial charge in [0.1, 0.15) is 5.82 Å². The molecule has 1 N–H and O–H groups in total. The van der Waals surface area contributed by atoms with Gasteiger partial charge >= 0.3 is 0 Å². The SMILES string of the molecule is Cc1ccc(C)c(SCC(=O)Nc2ccc(N3CCOCC3)nc2)c1. The number of carbonyl (C=O) groups is 1. The third-order valence-corrected chi connectivity index (χ3v) is 5.23. The van der Waals surface area contributed by atoms with E-state index in [1.807, 2.05) is 12.1 Å². The van der Waals surface area contributed by atoms with E-state index in [2.05, 4.69) is 47.2 Å². The van der Waals surface area contributed by atoms with E-state index in [1.54, 1.807) is 18.0 Å². The fraction of sp³-hybridized carbons (Fsp3) is 0.368. The largest absolute Gasteiger partial charge is 0.378 e. The van der Waals surface area contributed by atoms with Crippen LogP contribution in [0.15, 0.2) is 41.4 Å². The minimum absolute atomic E-state index is 0.0215. The van der Waals surface area contributed by atoms with Gasteiger partial charge in [-0.3, -0.25) is 4.79 Å². The van der Waals surface area contributed by atoms with Gasteiger partial charge in [0.25, 0.3) is 0 Å². The third kappa shape index (κ3) is 4.96. The highest BCUT2D eigenvalue weighted by Gasteiger charge is 2.12. The molecule has 1 aliphatic heterocycles. The fourth-order valence-electron chi connectivity index (χ4n) is 2.64. The lowest BCUT2D eigenvalue weighted by atomic mass is 10.2. The molecule has 3 rings (SSSR count). The maximum absolute atomic E-state index is 12.2. The summed E-state index contributed by atoms with van der Waals surface area (Å²) in [6.45, 7) is 7.29. The molecule has 0 atom stereocenters. The molecule has 0 bridgehead atoms. The molecule has 0 radical (unpaired) electrons. The highest BCUT2D eigenvalue weighted by Crippen LogP contribution is 2.24. The second-order valence-electron chi connectivity index (χ2n) is 6.11. The first-order valence-electron chi connectivity index (χ1n) is 8.40. The van der Waals surface area contributed by atoms with Gasteiger partial charge < -0.3 is 15.0 Å². The number of pyridine rings is 1. The summed E-state index contributed by atoms with van der Waals surface area (Å²) >= 11 is 1.56. The topological polar surface area (TPSA) is 54.5 Å². The molecule has 1 aliphatic rings. The molecule has 0 unspecified atom stereocenters. The van der Waals surface area contributed by atoms with Crippen molar-refractivity contribution in [1.82, 2.24) is 4.98 Å². The number of aryl methyl sites for hydroxylation is 2. The number of nitrogens with zero attached hydrogens (tertiary/aromatic N) is 2. The van der Waals surface area contributed by atoms with Crippen molar-refractivity contribution in [2.75, 3.05) is 42.3 Å². The Labute approximate surface area is 152 Å². The summed E-state index contributed by atoms with van der Waals surface area (Å²) in [5, 5.41) is 2.91. The minimum atomic E-state index is -0.0215. The number of nitrogens with one attached hydrogen (secondary N) is 1. The molecule has 5 nitrogen and oxygen atoms in total. The minimum Gasteiger partial charge on any atom is -0.378 e. The number of benzene rings is 1. The van der Waals surface area contributed by atoms with Crippen molar-refractivity contribution in [3.63, 3.8) is 0 Å². The van der Waals surface area contributed by atoms with Crippen molar-refractivity contribution < 1.29 is 9.53 Å². The van der Waals surface area contributed by atoms with Gasteiger partial charge in [-0.1, -0.05) is 17.7 Å². The summed E-state index contributed by atoms with van der Waals surface area (Å²) in [7, 11) is 0. The Hall–Kier alpha value is -2.05. The number of aromatic nitrogens is 1. The normalized spacial score (nSPS) is 14.4. The van der Waals surface area contributed by atoms with Gasteiger partial charge in [-0.15, -0.1) is 11.8 Å². The molecule has 1 aromatic carbocycles. The Morgan fingerprint density at radius 1 is 1.24 bits per heavy atom. The van der Waals surface area contributed by atoms with E-state index in [9.17, 15) is 4.79 Å². The van der Waals surface area contributed by atoms with Gasteiger partial charge in [-0.05, 0) is 37.6 Å². The van der Waals surface area contributed by atoms with Crippen LogP contribution in [-0.4, -0.2) is 42.9 Å². The van der Waals surface area contributed by atoms with Gasteiger partial charge in [-0.25, -0.2) is 4.98 Å². The molecule has 6 heteroatoms. The van der Waals surface area contributed by atoms with Crippen LogP contribution in [0.25, 0.3) is 0 Å². The average Bonchev–Trinajstić information content (AvgIpc) is 2.64. The van der Waals surface area contributed by atoms with E-state index in [-0.39, 0.29) is 5.91 Å². The van der Waals surface area contributed by atoms with Crippen LogP contribution in [0.3, 0.4) is 0 Å². The van der Waals surface area contributed by atoms with Crippen LogP contribution in [0.1, 0.15) is 11.1 Å². The zero-order valence-corrected chi connectivity index (χ0v) is 15.4. The molecule has 132 valence electrons. The van der Waals surface area contributed by atoms with Crippen LogP contribution in [0.2, 0.25) is 0 Å². The Bertz CT molecular complexity index is 728. The van der Waals surface area contributed by atoms with E-state index in [0.29, 0.717) is 5.75 Å². The lowest BCUT2D eigenvalue weighted by molar-refractivity contribution is -0.113. The van der Waals surface area contributed by atoms with Crippen molar-refractivity contribution in [2.24, 2.45) is 0 Å². The monoisotopic (exact) mass is 357 g/mol. The highest BCUT2D eigenvalue weighted by atomic mass is 32.2. The average molecular weight is 357 g/mol. The quantitative estimate of drug-likeness (QED) is 0.833. The van der Waals surface area contributed by atoms with Crippen LogP contribution >= 0.6 is 11.8 Å². The molecule has 1 saturated heterocycles. The molecule has 0 saturated carbocycles. The fourth-order valence-corrected chi connectivity index (χ4v) is 3.57. The Balaban J connectivity index is 1.53. The predicted octanol–water partition coefficient (Wildman–Crippen LogP) is 3.27. The maximum atomic E-state index is 12.2. The van der Waals surface area contributed by atoms with Crippen molar-refractivity contribution in [1.29, 1.82) is 0 Å². The molecule has 2 aromatic rings. The summed E-state index contributed by atoms with van der Waals surface area (Å²) in [5.41, 5.74) is 3.12. The second kappa shape index (κ2) is 8.36. The lowest BCUT2D eigenvalue weighted by Gasteiger charge is -2.27. The molecule has 1 amide bonds. The molecule has 25 heavy (non-hydrogen) atoms. The number of morpholine rings is 1. The lowest BCUT2D eigenvalue weighted by Crippen LogP contribution is -2.36. The number of anilines is 2. The molecule has 1 aromatic heterocycles. The first-order valence-corrected chi connectivity index (χ1v) is 9.39. The molecule has 0 spiro atoms. The van der Waals surface area contributed by atoms with Gasteiger partial charge in [-0.2, -0.15) is 0 Å². The number of amides is 1. The van der Waals surface area contributed by atoms with Crippen molar-refractivity contribution in [3.05, 3.63) is 47.7 Å². The van der Waals surface area contributed by atoms with Crippen LogP contribution in [-0.2, 0) is 9.53 Å². The van der Waals surface area contributed by atoms with Gasteiger partial charge in [0.15, 0.2) is 0 Å². The third-order valence-electron chi connectivity index (χ3n) is 4.07. The van der Waals surface area contributed by atoms with E-state index >= 15 is 0 Å². The molecule has 2 heterocycles. The van der Waals surface area contributed by atoms with Crippen molar-refractivity contribution >= 4 is 29.2 Å². The van der Waals surface area contributed by atoms with Gasteiger partial charge in [0, 0.05) is 18.0 Å². The van der Waals surface area contributed by atoms with Crippen LogP contribution in [0.4, 0.5) is 11.5 Å². The highest BCUT2D eigenvalue weighted by molar-refractivity contribution is 8.00. The standard InChI is InChI=1S/C19H23N3O2S/c1-14-3-4-15(2)17(11-14)25-13-19(23)21-16-5-6-18(20-12-16)22-7-9-24-10-8-22/h3-6,11-12H,7-10,13H2,1-2H3,(H,21,23). The number of hydrogen-bond donors (Lipinski definition) is 1. The zero-order chi connectivity index (χ0) is 17.6. The molecular formula is C19H23N3O2S. The van der Waals surface area contributed by atoms with Crippen LogP contribution in [0, 0.1) is 13.8 Å². The maximum Gasteiger partial charge on any atom is 0.234 e. The van der Waals surface area contributed by atoms with E-state index in [1.165, 1.54) is 11.1 Å². The van der Waals surface area contributed by atoms with Gasteiger partial charge in [0.05, 0.1) is 30.9 Å². The Kier molecular flexibility index (Phi) is 5.94.